The van der Waals surface area contributed by atoms with E-state index >= 15 is 0 Å². The SMILES string of the molecule is Cc1ccc([C@H](CC(=O)NCC2(c3ccccc3)CCOCC2)c2ccccc2)c(O)c1. The molecule has 1 aliphatic heterocycles. The minimum Gasteiger partial charge on any atom is -0.508 e. The van der Waals surface area contributed by atoms with Crippen LogP contribution in [0.2, 0.25) is 0 Å². The van der Waals surface area contributed by atoms with Gasteiger partial charge in [-0.3, -0.25) is 4.79 Å². The Balaban J connectivity index is 1.53. The molecule has 1 amide bonds. The molecule has 0 aromatic heterocycles. The van der Waals surface area contributed by atoms with Gasteiger partial charge in [0.25, 0.3) is 0 Å². The van der Waals surface area contributed by atoms with E-state index < -0.39 is 0 Å². The molecule has 0 aliphatic carbocycles. The standard InChI is InChI=1S/C28H31NO3/c1-21-12-13-24(26(30)18-21)25(22-8-4-2-5-9-22)19-27(31)29-20-28(14-16-32-17-15-28)23-10-6-3-7-11-23/h2-13,18,25,30H,14-17,19-20H2,1H3,(H,29,31)/t25-/m1/s1. The molecule has 1 aliphatic rings. The molecule has 0 bridgehead atoms. The van der Waals surface area contributed by atoms with E-state index in [4.69, 9.17) is 4.74 Å². The molecule has 1 atom stereocenters. The van der Waals surface area contributed by atoms with Gasteiger partial charge in [0, 0.05) is 43.1 Å². The Morgan fingerprint density at radius 3 is 2.31 bits per heavy atom. The Kier molecular flexibility index (Phi) is 6.91. The number of phenolic OH excluding ortho intramolecular Hbond substituents is 1. The lowest BCUT2D eigenvalue weighted by Crippen LogP contribution is -2.44. The maximum Gasteiger partial charge on any atom is 0.220 e. The molecule has 1 fully saturated rings. The summed E-state index contributed by atoms with van der Waals surface area (Å²) in [4.78, 5) is 13.2. The molecule has 3 aromatic carbocycles. The highest BCUT2D eigenvalue weighted by atomic mass is 16.5. The van der Waals surface area contributed by atoms with Gasteiger partial charge >= 0.3 is 0 Å². The Morgan fingerprint density at radius 2 is 1.66 bits per heavy atom. The van der Waals surface area contributed by atoms with Crippen LogP contribution in [0.5, 0.6) is 5.75 Å². The first-order valence-electron chi connectivity index (χ1n) is 11.3. The fourth-order valence-electron chi connectivity index (χ4n) is 4.69. The summed E-state index contributed by atoms with van der Waals surface area (Å²) in [6.07, 6.45) is 2.05. The Labute approximate surface area is 190 Å². The lowest BCUT2D eigenvalue weighted by Gasteiger charge is -2.38. The third-order valence-corrected chi connectivity index (χ3v) is 6.61. The molecule has 0 spiro atoms. The molecule has 4 heteroatoms. The number of hydrogen-bond donors (Lipinski definition) is 2. The van der Waals surface area contributed by atoms with Crippen LogP contribution >= 0.6 is 0 Å². The lowest BCUT2D eigenvalue weighted by molar-refractivity contribution is -0.121. The van der Waals surface area contributed by atoms with E-state index in [1.54, 1.807) is 6.07 Å². The van der Waals surface area contributed by atoms with Gasteiger partial charge in [0.2, 0.25) is 5.91 Å². The molecule has 0 unspecified atom stereocenters. The van der Waals surface area contributed by atoms with Crippen LogP contribution in [-0.2, 0) is 14.9 Å². The number of amides is 1. The van der Waals surface area contributed by atoms with Crippen molar-refractivity contribution in [2.45, 2.75) is 37.5 Å². The summed E-state index contributed by atoms with van der Waals surface area (Å²) in [5, 5.41) is 13.8. The Hall–Kier alpha value is -3.11. The number of carbonyl (C=O) groups is 1. The van der Waals surface area contributed by atoms with E-state index in [-0.39, 0.29) is 29.4 Å². The van der Waals surface area contributed by atoms with Gasteiger partial charge in [0.05, 0.1) is 0 Å². The molecule has 1 saturated heterocycles. The topological polar surface area (TPSA) is 58.6 Å². The summed E-state index contributed by atoms with van der Waals surface area (Å²) in [5.41, 5.74) is 3.93. The largest absolute Gasteiger partial charge is 0.508 e. The van der Waals surface area contributed by atoms with Gasteiger partial charge in [-0.05, 0) is 42.5 Å². The minimum atomic E-state index is -0.209. The van der Waals surface area contributed by atoms with Crippen LogP contribution < -0.4 is 5.32 Å². The Bertz CT molecular complexity index is 1030. The van der Waals surface area contributed by atoms with Crippen molar-refractivity contribution in [3.8, 4) is 5.75 Å². The van der Waals surface area contributed by atoms with Crippen molar-refractivity contribution in [2.75, 3.05) is 19.8 Å². The van der Waals surface area contributed by atoms with Gasteiger partial charge in [0.1, 0.15) is 5.75 Å². The summed E-state index contributed by atoms with van der Waals surface area (Å²) in [7, 11) is 0. The smallest absolute Gasteiger partial charge is 0.220 e. The maximum absolute atomic E-state index is 13.2. The zero-order valence-electron chi connectivity index (χ0n) is 18.6. The molecule has 3 aromatic rings. The number of ether oxygens (including phenoxy) is 1. The third-order valence-electron chi connectivity index (χ3n) is 6.61. The van der Waals surface area contributed by atoms with Gasteiger partial charge in [-0.15, -0.1) is 0 Å². The molecule has 4 rings (SSSR count). The van der Waals surface area contributed by atoms with E-state index in [1.165, 1.54) is 5.56 Å². The zero-order chi connectivity index (χ0) is 22.4. The van der Waals surface area contributed by atoms with Crippen LogP contribution in [-0.4, -0.2) is 30.8 Å². The molecule has 0 saturated carbocycles. The van der Waals surface area contributed by atoms with Gasteiger partial charge < -0.3 is 15.2 Å². The Morgan fingerprint density at radius 1 is 1.00 bits per heavy atom. The summed E-state index contributed by atoms with van der Waals surface area (Å²) in [5.74, 6) is 0.0108. The molecule has 2 N–H and O–H groups in total. The van der Waals surface area contributed by atoms with Crippen molar-refractivity contribution >= 4 is 5.91 Å². The van der Waals surface area contributed by atoms with Crippen LogP contribution in [0.15, 0.2) is 78.9 Å². The predicted molar refractivity (Wildman–Crippen MR) is 127 cm³/mol. The highest BCUT2D eigenvalue weighted by Gasteiger charge is 2.35. The monoisotopic (exact) mass is 429 g/mol. The molecule has 32 heavy (non-hydrogen) atoms. The van der Waals surface area contributed by atoms with Crippen LogP contribution in [0.4, 0.5) is 0 Å². The van der Waals surface area contributed by atoms with E-state index in [9.17, 15) is 9.90 Å². The van der Waals surface area contributed by atoms with Crippen LogP contribution in [0.3, 0.4) is 0 Å². The van der Waals surface area contributed by atoms with Crippen LogP contribution in [0.25, 0.3) is 0 Å². The molecular weight excluding hydrogens is 398 g/mol. The second kappa shape index (κ2) is 10.0. The molecule has 166 valence electrons. The van der Waals surface area contributed by atoms with Crippen molar-refractivity contribution < 1.29 is 14.6 Å². The highest BCUT2D eigenvalue weighted by Crippen LogP contribution is 2.36. The van der Waals surface area contributed by atoms with E-state index in [0.29, 0.717) is 19.8 Å². The number of hydrogen-bond acceptors (Lipinski definition) is 3. The van der Waals surface area contributed by atoms with Gasteiger partial charge in [-0.2, -0.15) is 0 Å². The quantitative estimate of drug-likeness (QED) is 0.550. The van der Waals surface area contributed by atoms with Crippen molar-refractivity contribution in [3.63, 3.8) is 0 Å². The van der Waals surface area contributed by atoms with Crippen molar-refractivity contribution in [1.29, 1.82) is 0 Å². The summed E-state index contributed by atoms with van der Waals surface area (Å²) >= 11 is 0. The summed E-state index contributed by atoms with van der Waals surface area (Å²) in [6.45, 7) is 3.94. The van der Waals surface area contributed by atoms with E-state index in [2.05, 4.69) is 29.6 Å². The van der Waals surface area contributed by atoms with Gasteiger partial charge in [-0.25, -0.2) is 0 Å². The number of nitrogens with one attached hydrogen (secondary N) is 1. The lowest BCUT2D eigenvalue weighted by atomic mass is 9.74. The average Bonchev–Trinajstić information content (AvgIpc) is 2.83. The second-order valence-corrected chi connectivity index (χ2v) is 8.77. The maximum atomic E-state index is 13.2. The van der Waals surface area contributed by atoms with Gasteiger partial charge in [0.15, 0.2) is 0 Å². The van der Waals surface area contributed by atoms with Crippen molar-refractivity contribution in [2.24, 2.45) is 0 Å². The molecule has 0 radical (unpaired) electrons. The average molecular weight is 430 g/mol. The summed E-state index contributed by atoms with van der Waals surface area (Å²) in [6, 6.07) is 26.0. The number of carbonyl (C=O) groups excluding carboxylic acids is 1. The number of benzene rings is 3. The zero-order valence-corrected chi connectivity index (χ0v) is 18.6. The minimum absolute atomic E-state index is 0.0133. The first kappa shape index (κ1) is 22.1. The molecule has 4 nitrogen and oxygen atoms in total. The normalized spacial score (nSPS) is 16.3. The molecular formula is C28H31NO3. The predicted octanol–water partition coefficient (Wildman–Crippen LogP) is 5.09. The summed E-state index contributed by atoms with van der Waals surface area (Å²) < 4.78 is 5.62. The van der Waals surface area contributed by atoms with Crippen LogP contribution in [0, 0.1) is 6.92 Å². The van der Waals surface area contributed by atoms with E-state index in [1.807, 2.05) is 55.5 Å². The fourth-order valence-corrected chi connectivity index (χ4v) is 4.69. The molecule has 1 heterocycles. The van der Waals surface area contributed by atoms with Crippen molar-refractivity contribution in [1.82, 2.24) is 5.32 Å². The first-order valence-corrected chi connectivity index (χ1v) is 11.3. The number of aromatic hydroxyl groups is 1. The van der Waals surface area contributed by atoms with Gasteiger partial charge in [-0.1, -0.05) is 72.8 Å². The second-order valence-electron chi connectivity index (χ2n) is 8.77. The van der Waals surface area contributed by atoms with E-state index in [0.717, 1.165) is 29.5 Å². The highest BCUT2D eigenvalue weighted by molar-refractivity contribution is 5.78. The third kappa shape index (κ3) is 5.03. The number of phenols is 1. The number of aryl methyl sites for hydroxylation is 1. The fraction of sp³-hybridized carbons (Fsp3) is 0.321. The van der Waals surface area contributed by atoms with Crippen molar-refractivity contribution in [3.05, 3.63) is 101 Å². The first-order chi connectivity index (χ1) is 15.6. The number of rotatable bonds is 7. The van der Waals surface area contributed by atoms with Crippen LogP contribution in [0.1, 0.15) is 47.4 Å².